The Bertz CT molecular complexity index is 579. The van der Waals surface area contributed by atoms with E-state index in [-0.39, 0.29) is 0 Å². The summed E-state index contributed by atoms with van der Waals surface area (Å²) in [7, 11) is 1.64. The van der Waals surface area contributed by atoms with Gasteiger partial charge in [0.15, 0.2) is 0 Å². The molecule has 2 aromatic rings. The van der Waals surface area contributed by atoms with Gasteiger partial charge in [0.05, 0.1) is 13.2 Å². The molecule has 106 valence electrons. The van der Waals surface area contributed by atoms with Gasteiger partial charge in [-0.15, -0.1) is 0 Å². The lowest BCUT2D eigenvalue weighted by Gasteiger charge is -2.16. The topological polar surface area (TPSA) is 29.5 Å². The molecule has 0 amide bonds. The van der Waals surface area contributed by atoms with Crippen LogP contribution >= 0.6 is 0 Å². The normalized spacial score (nSPS) is 12.2. The monoisotopic (exact) mass is 270 g/mol. The molecule has 0 saturated carbocycles. The fourth-order valence-electron chi connectivity index (χ4n) is 2.69. The van der Waals surface area contributed by atoms with Crippen LogP contribution in [0.4, 0.5) is 0 Å². The van der Waals surface area contributed by atoms with Gasteiger partial charge in [-0.25, -0.2) is 0 Å². The second kappa shape index (κ2) is 6.10. The van der Waals surface area contributed by atoms with Crippen molar-refractivity contribution in [3.63, 3.8) is 0 Å². The summed E-state index contributed by atoms with van der Waals surface area (Å²) in [4.78, 5) is 0. The zero-order valence-corrected chi connectivity index (χ0v) is 12.6. The Morgan fingerprint density at radius 2 is 1.70 bits per heavy atom. The summed E-state index contributed by atoms with van der Waals surface area (Å²) in [6.07, 6.45) is 0.121. The van der Waals surface area contributed by atoms with Crippen molar-refractivity contribution in [2.45, 2.75) is 33.3 Å². The molecule has 1 unspecified atom stereocenters. The van der Waals surface area contributed by atoms with Gasteiger partial charge in [-0.2, -0.15) is 0 Å². The van der Waals surface area contributed by atoms with Gasteiger partial charge in [0.25, 0.3) is 0 Å². The Balaban J connectivity index is 2.25. The number of hydrogen-bond donors (Lipinski definition) is 1. The third-order valence-corrected chi connectivity index (χ3v) is 3.72. The van der Waals surface area contributed by atoms with E-state index in [0.717, 1.165) is 11.3 Å². The molecular weight excluding hydrogens is 248 g/mol. The Labute approximate surface area is 121 Å². The number of aliphatic hydroxyl groups excluding tert-OH is 1. The molecule has 2 nitrogen and oxygen atoms in total. The van der Waals surface area contributed by atoms with Crippen LogP contribution in [0.2, 0.25) is 0 Å². The molecule has 2 aromatic carbocycles. The lowest BCUT2D eigenvalue weighted by atomic mass is 9.93. The predicted octanol–water partition coefficient (Wildman–Crippen LogP) is 3.90. The summed E-state index contributed by atoms with van der Waals surface area (Å²) >= 11 is 0. The molecular formula is C18H22O2. The second-order valence-corrected chi connectivity index (χ2v) is 5.37. The van der Waals surface area contributed by atoms with Crippen LogP contribution in [0.3, 0.4) is 0 Å². The highest BCUT2D eigenvalue weighted by molar-refractivity contribution is 5.39. The lowest BCUT2D eigenvalue weighted by molar-refractivity contribution is 0.177. The minimum atomic E-state index is -0.509. The molecule has 0 spiro atoms. The van der Waals surface area contributed by atoms with Crippen LogP contribution in [0.15, 0.2) is 36.4 Å². The van der Waals surface area contributed by atoms with Gasteiger partial charge in [-0.1, -0.05) is 29.8 Å². The van der Waals surface area contributed by atoms with Crippen molar-refractivity contribution >= 4 is 0 Å². The van der Waals surface area contributed by atoms with E-state index >= 15 is 0 Å². The quantitative estimate of drug-likeness (QED) is 0.913. The fourth-order valence-corrected chi connectivity index (χ4v) is 2.69. The van der Waals surface area contributed by atoms with Crippen LogP contribution in [0.25, 0.3) is 0 Å². The zero-order valence-electron chi connectivity index (χ0n) is 12.6. The summed E-state index contributed by atoms with van der Waals surface area (Å²) < 4.78 is 5.21. The molecule has 0 saturated heterocycles. The van der Waals surface area contributed by atoms with E-state index in [1.165, 1.54) is 22.3 Å². The average molecular weight is 270 g/mol. The summed E-state index contributed by atoms with van der Waals surface area (Å²) in [5, 5.41) is 10.5. The fraction of sp³-hybridized carbons (Fsp3) is 0.333. The zero-order chi connectivity index (χ0) is 14.7. The van der Waals surface area contributed by atoms with Crippen LogP contribution in [-0.2, 0) is 6.42 Å². The van der Waals surface area contributed by atoms with E-state index in [4.69, 9.17) is 4.74 Å². The molecule has 0 bridgehead atoms. The number of ether oxygens (including phenoxy) is 1. The van der Waals surface area contributed by atoms with Gasteiger partial charge in [0, 0.05) is 6.42 Å². The molecule has 1 N–H and O–H groups in total. The third kappa shape index (κ3) is 3.20. The molecule has 2 heteroatoms. The van der Waals surface area contributed by atoms with Gasteiger partial charge < -0.3 is 9.84 Å². The molecule has 0 fully saturated rings. The van der Waals surface area contributed by atoms with Gasteiger partial charge in [-0.3, -0.25) is 0 Å². The van der Waals surface area contributed by atoms with Gasteiger partial charge in [-0.05, 0) is 55.2 Å². The molecule has 2 rings (SSSR count). The van der Waals surface area contributed by atoms with Gasteiger partial charge in [0.2, 0.25) is 0 Å². The van der Waals surface area contributed by atoms with Gasteiger partial charge >= 0.3 is 0 Å². The largest absolute Gasteiger partial charge is 0.497 e. The van der Waals surface area contributed by atoms with E-state index in [0.29, 0.717) is 6.42 Å². The van der Waals surface area contributed by atoms with Crippen molar-refractivity contribution in [3.8, 4) is 5.75 Å². The summed E-state index contributed by atoms with van der Waals surface area (Å²) in [5.74, 6) is 0.777. The van der Waals surface area contributed by atoms with Crippen LogP contribution in [0, 0.1) is 20.8 Å². The van der Waals surface area contributed by atoms with E-state index in [1.807, 2.05) is 24.3 Å². The number of rotatable bonds is 4. The molecule has 0 aliphatic heterocycles. The van der Waals surface area contributed by atoms with Crippen LogP contribution in [0.1, 0.15) is 33.9 Å². The number of aryl methyl sites for hydroxylation is 3. The van der Waals surface area contributed by atoms with E-state index in [9.17, 15) is 5.11 Å². The Morgan fingerprint density at radius 3 is 2.30 bits per heavy atom. The van der Waals surface area contributed by atoms with Crippen LogP contribution < -0.4 is 4.74 Å². The molecule has 0 aliphatic carbocycles. The second-order valence-electron chi connectivity index (χ2n) is 5.37. The third-order valence-electron chi connectivity index (χ3n) is 3.72. The maximum atomic E-state index is 10.5. The van der Waals surface area contributed by atoms with Crippen LogP contribution in [0.5, 0.6) is 5.75 Å². The summed E-state index contributed by atoms with van der Waals surface area (Å²) in [6, 6.07) is 12.0. The molecule has 20 heavy (non-hydrogen) atoms. The molecule has 0 heterocycles. The highest BCUT2D eigenvalue weighted by Gasteiger charge is 2.13. The molecule has 0 aliphatic rings. The first-order valence-electron chi connectivity index (χ1n) is 6.90. The SMILES string of the molecule is COc1cccc(C(O)Cc2c(C)cc(C)cc2C)c1. The maximum absolute atomic E-state index is 10.5. The summed E-state index contributed by atoms with van der Waals surface area (Å²) in [5.41, 5.74) is 5.86. The number of aliphatic hydroxyl groups is 1. The number of methoxy groups -OCH3 is 1. The average Bonchev–Trinajstić information content (AvgIpc) is 2.42. The molecule has 0 aromatic heterocycles. The lowest BCUT2D eigenvalue weighted by Crippen LogP contribution is -2.05. The van der Waals surface area contributed by atoms with Crippen LogP contribution in [-0.4, -0.2) is 12.2 Å². The van der Waals surface area contributed by atoms with Crippen molar-refractivity contribution in [1.29, 1.82) is 0 Å². The Hall–Kier alpha value is -1.80. The Kier molecular flexibility index (Phi) is 4.46. The smallest absolute Gasteiger partial charge is 0.119 e. The van der Waals surface area contributed by atoms with E-state index < -0.39 is 6.10 Å². The maximum Gasteiger partial charge on any atom is 0.119 e. The van der Waals surface area contributed by atoms with Crippen molar-refractivity contribution in [2.75, 3.05) is 7.11 Å². The first-order valence-corrected chi connectivity index (χ1v) is 6.90. The predicted molar refractivity (Wildman–Crippen MR) is 82.3 cm³/mol. The van der Waals surface area contributed by atoms with Crippen molar-refractivity contribution in [2.24, 2.45) is 0 Å². The highest BCUT2D eigenvalue weighted by atomic mass is 16.5. The van der Waals surface area contributed by atoms with Gasteiger partial charge in [0.1, 0.15) is 5.75 Å². The molecule has 1 atom stereocenters. The standard InChI is InChI=1S/C18H22O2/c1-12-8-13(2)17(14(3)9-12)11-18(19)15-6-5-7-16(10-15)20-4/h5-10,18-19H,11H2,1-4H3. The molecule has 0 radical (unpaired) electrons. The first-order chi connectivity index (χ1) is 9.51. The van der Waals surface area contributed by atoms with Crippen molar-refractivity contribution in [3.05, 3.63) is 64.2 Å². The Morgan fingerprint density at radius 1 is 1.05 bits per heavy atom. The number of hydrogen-bond acceptors (Lipinski definition) is 2. The van der Waals surface area contributed by atoms with E-state index in [2.05, 4.69) is 32.9 Å². The van der Waals surface area contributed by atoms with E-state index in [1.54, 1.807) is 7.11 Å². The summed E-state index contributed by atoms with van der Waals surface area (Å²) in [6.45, 7) is 6.31. The van der Waals surface area contributed by atoms with Crippen molar-refractivity contribution in [1.82, 2.24) is 0 Å². The highest BCUT2D eigenvalue weighted by Crippen LogP contribution is 2.26. The van der Waals surface area contributed by atoms with Crippen molar-refractivity contribution < 1.29 is 9.84 Å². The number of benzene rings is 2. The minimum absolute atomic E-state index is 0.509. The minimum Gasteiger partial charge on any atom is -0.497 e. The first kappa shape index (κ1) is 14.6.